The SMILES string of the molecule is O=C1Cn2c(nc(C(=O)NCc3ccccc3)c(OCc3ccccc3)c2=O)N1. The summed E-state index contributed by atoms with van der Waals surface area (Å²) in [5, 5.41) is 5.23. The number of nitrogens with zero attached hydrogens (tertiary/aromatic N) is 2. The van der Waals surface area contributed by atoms with Gasteiger partial charge in [-0.05, 0) is 11.1 Å². The van der Waals surface area contributed by atoms with Crippen LogP contribution in [0.15, 0.2) is 65.5 Å². The Kier molecular flexibility index (Phi) is 5.07. The van der Waals surface area contributed by atoms with E-state index in [0.29, 0.717) is 0 Å². The Morgan fingerprint density at radius 1 is 1.03 bits per heavy atom. The molecule has 8 heteroatoms. The maximum atomic E-state index is 12.9. The van der Waals surface area contributed by atoms with E-state index < -0.39 is 11.5 Å². The molecule has 0 spiro atoms. The second-order valence-corrected chi connectivity index (χ2v) is 6.50. The molecule has 2 aromatic carbocycles. The van der Waals surface area contributed by atoms with Crippen LogP contribution in [0.2, 0.25) is 0 Å². The van der Waals surface area contributed by atoms with E-state index >= 15 is 0 Å². The third kappa shape index (κ3) is 4.01. The maximum Gasteiger partial charge on any atom is 0.298 e. The standard InChI is InChI=1S/C21H18N4O4/c26-16-12-25-20(28)18(29-13-15-9-5-2-6-10-15)17(24-21(25)23-16)19(27)22-11-14-7-3-1-4-8-14/h1-10H,11-13H2,(H,22,27)(H,23,24,26). The van der Waals surface area contributed by atoms with Crippen molar-refractivity contribution >= 4 is 17.8 Å². The first kappa shape index (κ1) is 18.4. The van der Waals surface area contributed by atoms with Crippen LogP contribution in [0.4, 0.5) is 5.95 Å². The van der Waals surface area contributed by atoms with Gasteiger partial charge in [-0.15, -0.1) is 0 Å². The summed E-state index contributed by atoms with van der Waals surface area (Å²) in [6.07, 6.45) is 0. The van der Waals surface area contributed by atoms with Crippen LogP contribution in [0.1, 0.15) is 21.6 Å². The van der Waals surface area contributed by atoms with Gasteiger partial charge in [0.05, 0.1) is 0 Å². The Labute approximate surface area is 166 Å². The molecule has 0 saturated carbocycles. The lowest BCUT2D eigenvalue weighted by molar-refractivity contribution is -0.115. The lowest BCUT2D eigenvalue weighted by Gasteiger charge is -2.13. The van der Waals surface area contributed by atoms with Crippen LogP contribution in [-0.4, -0.2) is 21.4 Å². The topological polar surface area (TPSA) is 102 Å². The molecule has 0 bridgehead atoms. The van der Waals surface area contributed by atoms with E-state index in [9.17, 15) is 14.4 Å². The monoisotopic (exact) mass is 390 g/mol. The van der Waals surface area contributed by atoms with E-state index in [2.05, 4.69) is 15.6 Å². The van der Waals surface area contributed by atoms with Crippen LogP contribution in [-0.2, 0) is 24.5 Å². The first-order chi connectivity index (χ1) is 14.1. The zero-order valence-electron chi connectivity index (χ0n) is 15.4. The number of carbonyl (C=O) groups is 2. The minimum Gasteiger partial charge on any atom is -0.481 e. The quantitative estimate of drug-likeness (QED) is 0.667. The van der Waals surface area contributed by atoms with E-state index in [1.54, 1.807) is 0 Å². The first-order valence-electron chi connectivity index (χ1n) is 9.05. The van der Waals surface area contributed by atoms with E-state index in [0.717, 1.165) is 15.7 Å². The van der Waals surface area contributed by atoms with Crippen LogP contribution in [0.5, 0.6) is 5.75 Å². The molecule has 0 aliphatic carbocycles. The normalized spacial score (nSPS) is 12.2. The molecule has 3 aromatic rings. The largest absolute Gasteiger partial charge is 0.481 e. The van der Waals surface area contributed by atoms with Gasteiger partial charge in [-0.3, -0.25) is 24.3 Å². The number of hydrogen-bond donors (Lipinski definition) is 2. The number of fused-ring (bicyclic) bond motifs is 1. The van der Waals surface area contributed by atoms with Crippen molar-refractivity contribution in [2.24, 2.45) is 0 Å². The van der Waals surface area contributed by atoms with Gasteiger partial charge < -0.3 is 10.1 Å². The van der Waals surface area contributed by atoms with Gasteiger partial charge in [0.2, 0.25) is 17.6 Å². The fourth-order valence-electron chi connectivity index (χ4n) is 2.96. The molecule has 0 atom stereocenters. The number of benzene rings is 2. The fourth-order valence-corrected chi connectivity index (χ4v) is 2.96. The van der Waals surface area contributed by atoms with Crippen molar-refractivity contribution in [3.05, 3.63) is 87.8 Å². The molecule has 0 saturated heterocycles. The summed E-state index contributed by atoms with van der Waals surface area (Å²) in [4.78, 5) is 41.5. The summed E-state index contributed by atoms with van der Waals surface area (Å²) in [6.45, 7) is 0.205. The number of rotatable bonds is 6. The van der Waals surface area contributed by atoms with Crippen molar-refractivity contribution in [3.8, 4) is 5.75 Å². The first-order valence-corrected chi connectivity index (χ1v) is 9.05. The summed E-state index contributed by atoms with van der Waals surface area (Å²) in [5.41, 5.74) is 1.01. The van der Waals surface area contributed by atoms with Crippen LogP contribution in [0.3, 0.4) is 0 Å². The molecule has 1 aliphatic rings. The lowest BCUT2D eigenvalue weighted by atomic mass is 10.2. The second kappa shape index (κ2) is 7.97. The molecule has 146 valence electrons. The summed E-state index contributed by atoms with van der Waals surface area (Å²) in [7, 11) is 0. The molecule has 0 fully saturated rings. The third-order valence-corrected chi connectivity index (χ3v) is 4.42. The zero-order valence-corrected chi connectivity index (χ0v) is 15.4. The fraction of sp³-hybridized carbons (Fsp3) is 0.143. The van der Waals surface area contributed by atoms with Crippen LogP contribution in [0.25, 0.3) is 0 Å². The Balaban J connectivity index is 1.63. The van der Waals surface area contributed by atoms with Crippen molar-refractivity contribution in [2.45, 2.75) is 19.7 Å². The van der Waals surface area contributed by atoms with Gasteiger partial charge >= 0.3 is 0 Å². The minimum atomic E-state index is -0.575. The number of nitrogens with one attached hydrogen (secondary N) is 2. The number of amides is 2. The second-order valence-electron chi connectivity index (χ2n) is 6.50. The molecular weight excluding hydrogens is 372 g/mol. The van der Waals surface area contributed by atoms with Gasteiger partial charge in [0, 0.05) is 6.54 Å². The Bertz CT molecular complexity index is 1110. The minimum absolute atomic E-state index is 0.0388. The molecule has 0 unspecified atom stereocenters. The van der Waals surface area contributed by atoms with Crippen molar-refractivity contribution in [1.82, 2.24) is 14.9 Å². The van der Waals surface area contributed by atoms with Crippen molar-refractivity contribution < 1.29 is 14.3 Å². The van der Waals surface area contributed by atoms with Gasteiger partial charge in [0.1, 0.15) is 13.2 Å². The van der Waals surface area contributed by atoms with Crippen LogP contribution < -0.4 is 20.9 Å². The van der Waals surface area contributed by atoms with Gasteiger partial charge in [-0.2, -0.15) is 0 Å². The molecule has 2 N–H and O–H groups in total. The number of hydrogen-bond acceptors (Lipinski definition) is 5. The number of aromatic nitrogens is 2. The summed E-state index contributed by atoms with van der Waals surface area (Å²) < 4.78 is 6.86. The third-order valence-electron chi connectivity index (χ3n) is 4.42. The Hall–Kier alpha value is -3.94. The Morgan fingerprint density at radius 2 is 1.69 bits per heavy atom. The molecule has 2 amide bonds. The zero-order chi connectivity index (χ0) is 20.2. The van der Waals surface area contributed by atoms with E-state index in [-0.39, 0.29) is 43.0 Å². The average molecular weight is 390 g/mol. The van der Waals surface area contributed by atoms with Gasteiger partial charge in [0.25, 0.3) is 11.5 Å². The van der Waals surface area contributed by atoms with Crippen LogP contribution in [0, 0.1) is 0 Å². The highest BCUT2D eigenvalue weighted by molar-refractivity contribution is 5.97. The summed E-state index contributed by atoms with van der Waals surface area (Å²) in [6, 6.07) is 18.6. The van der Waals surface area contributed by atoms with E-state index in [1.165, 1.54) is 0 Å². The molecule has 1 aromatic heterocycles. The predicted molar refractivity (Wildman–Crippen MR) is 106 cm³/mol. The van der Waals surface area contributed by atoms with Gasteiger partial charge in [0.15, 0.2) is 5.69 Å². The number of carbonyl (C=O) groups excluding carboxylic acids is 2. The lowest BCUT2D eigenvalue weighted by Crippen LogP contribution is -2.30. The summed E-state index contributed by atoms with van der Waals surface area (Å²) >= 11 is 0. The summed E-state index contributed by atoms with van der Waals surface area (Å²) in [5.74, 6) is -1.07. The van der Waals surface area contributed by atoms with Crippen LogP contribution >= 0.6 is 0 Å². The van der Waals surface area contributed by atoms with Crippen molar-refractivity contribution in [3.63, 3.8) is 0 Å². The molecule has 2 heterocycles. The number of anilines is 1. The van der Waals surface area contributed by atoms with Crippen molar-refractivity contribution in [1.29, 1.82) is 0 Å². The van der Waals surface area contributed by atoms with Gasteiger partial charge in [-0.1, -0.05) is 60.7 Å². The predicted octanol–water partition coefficient (Wildman–Crippen LogP) is 1.70. The molecule has 4 rings (SSSR count). The van der Waals surface area contributed by atoms with E-state index in [4.69, 9.17) is 4.74 Å². The smallest absolute Gasteiger partial charge is 0.298 e. The Morgan fingerprint density at radius 3 is 2.38 bits per heavy atom. The molecule has 1 aliphatic heterocycles. The highest BCUT2D eigenvalue weighted by Gasteiger charge is 2.28. The number of ether oxygens (including phenoxy) is 1. The molecule has 0 radical (unpaired) electrons. The molecule has 8 nitrogen and oxygen atoms in total. The molecule has 29 heavy (non-hydrogen) atoms. The maximum absolute atomic E-state index is 12.9. The van der Waals surface area contributed by atoms with Crippen molar-refractivity contribution in [2.75, 3.05) is 5.32 Å². The average Bonchev–Trinajstić information content (AvgIpc) is 3.13. The highest BCUT2D eigenvalue weighted by Crippen LogP contribution is 2.19. The highest BCUT2D eigenvalue weighted by atomic mass is 16.5. The van der Waals surface area contributed by atoms with Gasteiger partial charge in [-0.25, -0.2) is 4.98 Å². The van der Waals surface area contributed by atoms with E-state index in [1.807, 2.05) is 60.7 Å². The molecular formula is C21H18N4O4.